The van der Waals surface area contributed by atoms with Crippen molar-refractivity contribution in [1.29, 1.82) is 0 Å². The molecule has 0 radical (unpaired) electrons. The summed E-state index contributed by atoms with van der Waals surface area (Å²) in [7, 11) is 0. The molecule has 15 atom stereocenters. The molecule has 3 fully saturated rings. The predicted molar refractivity (Wildman–Crippen MR) is 113 cm³/mol. The van der Waals surface area contributed by atoms with Crippen molar-refractivity contribution in [1.82, 2.24) is 0 Å². The summed E-state index contributed by atoms with van der Waals surface area (Å²) in [6.45, 7) is -2.72. The fourth-order valence-electron chi connectivity index (χ4n) is 4.40. The minimum atomic E-state index is -2.45. The third-order valence-electron chi connectivity index (χ3n) is 6.67. The van der Waals surface area contributed by atoms with Crippen molar-refractivity contribution in [3.63, 3.8) is 0 Å². The monoisotopic (exact) mass is 545 g/mol. The molecule has 0 bridgehead atoms. The fraction of sp³-hybridized carbons (Fsp3) is 0.947. The minimum Gasteiger partial charge on any atom is -0.430 e. The summed E-state index contributed by atoms with van der Waals surface area (Å²) in [6.07, 6.45) is -17.3. The maximum absolute atomic E-state index is 10.9. The average molecular weight is 545 g/mol. The van der Waals surface area contributed by atoms with E-state index in [4.69, 9.17) is 40.9 Å². The quantitative estimate of drug-likeness (QED) is 0.120. The average Bonchev–Trinajstić information content (AvgIpc) is 2.89. The molecule has 3 heterocycles. The van der Waals surface area contributed by atoms with Gasteiger partial charge >= 0.3 is 0 Å². The largest absolute Gasteiger partial charge is 0.430 e. The Morgan fingerprint density at radius 3 is 1.81 bits per heavy atom. The lowest BCUT2D eigenvalue weighted by molar-refractivity contribution is -0.397. The number of aliphatic hydroxyl groups is 8. The Hall–Kier alpha value is -1.17. The normalized spacial score (nSPS) is 51.0. The van der Waals surface area contributed by atoms with Crippen LogP contribution in [-0.2, 0) is 33.2 Å². The molecule has 3 rings (SSSR count). The van der Waals surface area contributed by atoms with E-state index in [1.54, 1.807) is 0 Å². The molecule has 0 aromatic heterocycles. The van der Waals surface area contributed by atoms with Crippen LogP contribution < -0.4 is 17.2 Å². The van der Waals surface area contributed by atoms with Crippen molar-refractivity contribution >= 4 is 6.47 Å². The Morgan fingerprint density at radius 2 is 1.27 bits per heavy atom. The highest BCUT2D eigenvalue weighted by atomic mass is 16.8. The van der Waals surface area contributed by atoms with Gasteiger partial charge in [0.1, 0.15) is 55.4 Å². The van der Waals surface area contributed by atoms with Gasteiger partial charge in [-0.05, 0) is 0 Å². The van der Waals surface area contributed by atoms with E-state index < -0.39 is 111 Å². The standard InChI is InChI=1S/C19H35N3O15/c20-7-10(27)13(5(1-23)33-16(7)31)35-17-8(21)11(28)14(6(2-24)34-17)36-18-9(22)12(29)15(30)19(3-25,37-18)32-4-26/h4-18,23-25,27-31H,1-3,20-22H2/t5-,6-,7-,8-,9-,10-,11-,12-,13?,14?,15+,16-,17+,18+,19+/m1/s1. The van der Waals surface area contributed by atoms with Gasteiger partial charge in [0.05, 0.1) is 31.3 Å². The lowest BCUT2D eigenvalue weighted by atomic mass is 9.93. The summed E-state index contributed by atoms with van der Waals surface area (Å²) in [5.41, 5.74) is 17.6. The van der Waals surface area contributed by atoms with Crippen molar-refractivity contribution in [2.75, 3.05) is 19.8 Å². The summed E-state index contributed by atoms with van der Waals surface area (Å²) in [6, 6.07) is -4.23. The molecule has 37 heavy (non-hydrogen) atoms. The molecule has 0 aromatic rings. The van der Waals surface area contributed by atoms with E-state index in [0.29, 0.717) is 0 Å². The molecule has 0 aromatic carbocycles. The molecule has 18 heteroatoms. The van der Waals surface area contributed by atoms with Crippen LogP contribution in [0.15, 0.2) is 0 Å². The highest BCUT2D eigenvalue weighted by molar-refractivity contribution is 5.38. The Balaban J connectivity index is 1.77. The van der Waals surface area contributed by atoms with Crippen molar-refractivity contribution in [3.8, 4) is 0 Å². The van der Waals surface area contributed by atoms with E-state index in [9.17, 15) is 45.6 Å². The molecule has 0 saturated carbocycles. The number of aliphatic hydroxyl groups excluding tert-OH is 8. The van der Waals surface area contributed by atoms with E-state index >= 15 is 0 Å². The zero-order valence-electron chi connectivity index (χ0n) is 19.4. The number of nitrogens with two attached hydrogens (primary N) is 3. The van der Waals surface area contributed by atoms with Gasteiger partial charge in [-0.2, -0.15) is 0 Å². The summed E-state index contributed by atoms with van der Waals surface area (Å²) in [4.78, 5) is 10.9. The Bertz CT molecular complexity index is 752. The van der Waals surface area contributed by atoms with Crippen LogP contribution in [0.2, 0.25) is 0 Å². The van der Waals surface area contributed by atoms with Crippen molar-refractivity contribution in [2.45, 2.75) is 91.6 Å². The number of hydrogen-bond donors (Lipinski definition) is 11. The van der Waals surface area contributed by atoms with Gasteiger partial charge in [-0.25, -0.2) is 0 Å². The molecule has 3 aliphatic rings. The summed E-state index contributed by atoms with van der Waals surface area (Å²) < 4.78 is 32.0. The third kappa shape index (κ3) is 5.75. The van der Waals surface area contributed by atoms with Gasteiger partial charge in [-0.3, -0.25) is 4.79 Å². The first kappa shape index (κ1) is 30.4. The van der Waals surface area contributed by atoms with Crippen LogP contribution in [0.1, 0.15) is 0 Å². The predicted octanol–water partition coefficient (Wildman–Crippen LogP) is -8.17. The molecule has 216 valence electrons. The van der Waals surface area contributed by atoms with Crippen LogP contribution in [-0.4, -0.2) is 159 Å². The molecule has 0 spiro atoms. The van der Waals surface area contributed by atoms with Gasteiger partial charge in [-0.1, -0.05) is 0 Å². The second-order valence-corrected chi connectivity index (χ2v) is 8.99. The smallest absolute Gasteiger partial charge is 0.295 e. The van der Waals surface area contributed by atoms with Crippen molar-refractivity contribution in [3.05, 3.63) is 0 Å². The highest BCUT2D eigenvalue weighted by Crippen LogP contribution is 2.34. The maximum Gasteiger partial charge on any atom is 0.295 e. The number of carbonyl (C=O) groups excluding carboxylic acids is 1. The first-order valence-electron chi connectivity index (χ1n) is 11.4. The lowest BCUT2D eigenvalue weighted by Gasteiger charge is -2.50. The minimum absolute atomic E-state index is 0.138. The number of rotatable bonds is 9. The third-order valence-corrected chi connectivity index (χ3v) is 6.67. The van der Waals surface area contributed by atoms with E-state index in [1.807, 2.05) is 0 Å². The Kier molecular flexibility index (Phi) is 10.1. The molecule has 18 nitrogen and oxygen atoms in total. The van der Waals surface area contributed by atoms with Crippen LogP contribution in [0.5, 0.6) is 0 Å². The van der Waals surface area contributed by atoms with Crippen LogP contribution in [0.4, 0.5) is 0 Å². The fourth-order valence-corrected chi connectivity index (χ4v) is 4.40. The lowest BCUT2D eigenvalue weighted by Crippen LogP contribution is -2.72. The molecule has 0 aliphatic carbocycles. The molecule has 2 unspecified atom stereocenters. The molecule has 0 amide bonds. The van der Waals surface area contributed by atoms with Gasteiger partial charge < -0.3 is 86.5 Å². The summed E-state index contributed by atoms with van der Waals surface area (Å²) in [5, 5.41) is 80.7. The molecular weight excluding hydrogens is 510 g/mol. The van der Waals surface area contributed by atoms with Gasteiger partial charge in [0.25, 0.3) is 12.3 Å². The zero-order chi connectivity index (χ0) is 27.7. The van der Waals surface area contributed by atoms with Crippen molar-refractivity contribution < 1.29 is 74.1 Å². The van der Waals surface area contributed by atoms with Crippen molar-refractivity contribution in [2.24, 2.45) is 17.2 Å². The van der Waals surface area contributed by atoms with E-state index in [-0.39, 0.29) is 6.47 Å². The second-order valence-electron chi connectivity index (χ2n) is 8.99. The number of hydrogen-bond acceptors (Lipinski definition) is 18. The van der Waals surface area contributed by atoms with Crippen LogP contribution in [0.3, 0.4) is 0 Å². The van der Waals surface area contributed by atoms with Gasteiger partial charge in [0.2, 0.25) is 0 Å². The van der Waals surface area contributed by atoms with E-state index in [1.165, 1.54) is 0 Å². The maximum atomic E-state index is 10.9. The van der Waals surface area contributed by atoms with Crippen LogP contribution >= 0.6 is 0 Å². The first-order chi connectivity index (χ1) is 17.5. The number of ether oxygens (including phenoxy) is 6. The van der Waals surface area contributed by atoms with E-state index in [0.717, 1.165) is 0 Å². The number of carbonyl (C=O) groups is 1. The van der Waals surface area contributed by atoms with Gasteiger partial charge in [0.15, 0.2) is 18.9 Å². The zero-order valence-corrected chi connectivity index (χ0v) is 19.4. The van der Waals surface area contributed by atoms with Gasteiger partial charge in [-0.15, -0.1) is 0 Å². The summed E-state index contributed by atoms with van der Waals surface area (Å²) in [5.74, 6) is -2.45. The molecule has 3 aliphatic heterocycles. The molecular formula is C19H35N3O15. The SMILES string of the molecule is N[C@H]1[C@@H](OC2[C@@H](CO)O[C@@H](OC3[C@@H](CO)O[C@@H](O)[C@H](N)[C@H]3O)[C@H](N)[C@H]2O)O[C@](CO)(OC=O)[C@@H](O)[C@@H]1O. The molecule has 3 saturated heterocycles. The summed E-state index contributed by atoms with van der Waals surface area (Å²) >= 11 is 0. The Morgan fingerprint density at radius 1 is 0.757 bits per heavy atom. The van der Waals surface area contributed by atoms with E-state index in [2.05, 4.69) is 4.74 Å². The van der Waals surface area contributed by atoms with Crippen LogP contribution in [0.25, 0.3) is 0 Å². The highest BCUT2D eigenvalue weighted by Gasteiger charge is 2.57. The second kappa shape index (κ2) is 12.3. The Labute approximate surface area is 210 Å². The topological polar surface area (TPSA) is 312 Å². The first-order valence-corrected chi connectivity index (χ1v) is 11.4. The van der Waals surface area contributed by atoms with Gasteiger partial charge in [0, 0.05) is 0 Å². The van der Waals surface area contributed by atoms with Crippen LogP contribution in [0, 0.1) is 0 Å². The molecule has 14 N–H and O–H groups in total.